The molecule has 9 nitrogen and oxygen atoms in total. The third-order valence-corrected chi connectivity index (χ3v) is 7.52. The number of Topliss-reactive ketones (excluding diaryl/α,β-unsaturated/α-hetero) is 1. The number of carbonyl (C=O) groups is 2. The van der Waals surface area contributed by atoms with Crippen LogP contribution in [0.25, 0.3) is 0 Å². The minimum atomic E-state index is -1.09. The molecule has 8 atom stereocenters. The van der Waals surface area contributed by atoms with Crippen molar-refractivity contribution in [3.63, 3.8) is 0 Å². The third-order valence-electron chi connectivity index (χ3n) is 7.52. The van der Waals surface area contributed by atoms with E-state index in [2.05, 4.69) is 0 Å². The molecule has 4 rings (SSSR count). The number of hydrogen-bond acceptors (Lipinski definition) is 8. The monoisotopic (exact) mass is 490 g/mol. The Balaban J connectivity index is 1.35. The molecule has 0 spiro atoms. The van der Waals surface area contributed by atoms with Gasteiger partial charge in [-0.1, -0.05) is 12.5 Å². The largest absolute Gasteiger partial charge is 0.482 e. The van der Waals surface area contributed by atoms with Crippen LogP contribution in [0, 0.1) is 11.8 Å². The Kier molecular flexibility index (Phi) is 7.63. The summed E-state index contributed by atoms with van der Waals surface area (Å²) in [6, 6.07) is 4.90. The molecule has 2 aliphatic heterocycles. The molecule has 35 heavy (non-hydrogen) atoms. The fourth-order valence-electron chi connectivity index (χ4n) is 5.09. The first kappa shape index (κ1) is 25.8. The second-order valence-corrected chi connectivity index (χ2v) is 10.1. The molecule has 0 radical (unpaired) electrons. The van der Waals surface area contributed by atoms with Gasteiger partial charge < -0.3 is 34.6 Å². The number of aliphatic carboxylic acids is 1. The summed E-state index contributed by atoms with van der Waals surface area (Å²) in [5, 5.41) is 40.0. The summed E-state index contributed by atoms with van der Waals surface area (Å²) in [5.41, 5.74) is 2.72. The predicted octanol–water partition coefficient (Wildman–Crippen LogP) is 1.51. The maximum absolute atomic E-state index is 12.9. The van der Waals surface area contributed by atoms with Crippen LogP contribution >= 0.6 is 0 Å². The molecule has 0 unspecified atom stereocenters. The normalized spacial score (nSPS) is 33.1. The van der Waals surface area contributed by atoms with E-state index in [0.29, 0.717) is 36.1 Å². The lowest BCUT2D eigenvalue weighted by Crippen LogP contribution is -2.50. The number of epoxide rings is 1. The standard InChI is InChI=1S/C26H34O9/c1-12(19-8-15-7-17(33-11-22(28)29)4-5-18(15)24(19)31)6-20-25(32)23(30)16(10-34-20)9-21-26(35-21)13(2)14(3)27/h4-5,7,13-14,16,20-21,23,25-27,30,32H,6,8-11H2,1-3H3,(H,28,29)/b19-12+/t13-,14-,16-,20-,21-,23+,25-,26-/m0/s1. The van der Waals surface area contributed by atoms with Gasteiger partial charge in [-0.15, -0.1) is 0 Å². The topological polar surface area (TPSA) is 146 Å². The van der Waals surface area contributed by atoms with Crippen molar-refractivity contribution in [1.82, 2.24) is 0 Å². The van der Waals surface area contributed by atoms with Crippen LogP contribution in [0.2, 0.25) is 0 Å². The highest BCUT2D eigenvalue weighted by atomic mass is 16.6. The second-order valence-electron chi connectivity index (χ2n) is 10.1. The molecule has 192 valence electrons. The lowest BCUT2D eigenvalue weighted by molar-refractivity contribution is -0.165. The number of aliphatic hydroxyl groups excluding tert-OH is 3. The zero-order valence-corrected chi connectivity index (χ0v) is 20.2. The fourth-order valence-corrected chi connectivity index (χ4v) is 5.09. The molecule has 0 bridgehead atoms. The minimum absolute atomic E-state index is 0.00137. The Morgan fingerprint density at radius 2 is 1.94 bits per heavy atom. The van der Waals surface area contributed by atoms with Crippen LogP contribution in [0.5, 0.6) is 5.75 Å². The molecule has 0 amide bonds. The molecule has 2 fully saturated rings. The highest BCUT2D eigenvalue weighted by Crippen LogP contribution is 2.39. The van der Waals surface area contributed by atoms with Gasteiger partial charge in [0.15, 0.2) is 12.4 Å². The molecule has 3 aliphatic rings. The average Bonchev–Trinajstić information content (AvgIpc) is 3.50. The number of ketones is 1. The van der Waals surface area contributed by atoms with Gasteiger partial charge in [0.25, 0.3) is 0 Å². The van der Waals surface area contributed by atoms with Crippen molar-refractivity contribution >= 4 is 11.8 Å². The maximum Gasteiger partial charge on any atom is 0.341 e. The molecule has 0 saturated carbocycles. The van der Waals surface area contributed by atoms with Crippen LogP contribution in [0.1, 0.15) is 49.5 Å². The van der Waals surface area contributed by atoms with E-state index < -0.39 is 37.0 Å². The van der Waals surface area contributed by atoms with Gasteiger partial charge in [0, 0.05) is 29.4 Å². The van der Waals surface area contributed by atoms with Crippen LogP contribution in [0.4, 0.5) is 0 Å². The molecular formula is C26H34O9. The highest BCUT2D eigenvalue weighted by Gasteiger charge is 2.48. The molecule has 2 saturated heterocycles. The summed E-state index contributed by atoms with van der Waals surface area (Å²) in [5.74, 6) is -1.06. The highest BCUT2D eigenvalue weighted by molar-refractivity contribution is 6.13. The van der Waals surface area contributed by atoms with E-state index >= 15 is 0 Å². The van der Waals surface area contributed by atoms with Crippen molar-refractivity contribution in [3.8, 4) is 5.75 Å². The average molecular weight is 491 g/mol. The van der Waals surface area contributed by atoms with E-state index in [0.717, 1.165) is 11.1 Å². The number of carboxylic acids is 1. The molecule has 9 heteroatoms. The lowest BCUT2D eigenvalue weighted by atomic mass is 9.85. The van der Waals surface area contributed by atoms with Gasteiger partial charge in [-0.3, -0.25) is 4.79 Å². The first-order valence-corrected chi connectivity index (χ1v) is 12.1. The van der Waals surface area contributed by atoms with Crippen molar-refractivity contribution in [3.05, 3.63) is 40.5 Å². The van der Waals surface area contributed by atoms with Gasteiger partial charge >= 0.3 is 5.97 Å². The van der Waals surface area contributed by atoms with Gasteiger partial charge in [-0.25, -0.2) is 4.79 Å². The Morgan fingerprint density at radius 1 is 1.20 bits per heavy atom. The van der Waals surface area contributed by atoms with Gasteiger partial charge in [-0.2, -0.15) is 0 Å². The molecule has 2 heterocycles. The molecule has 1 aromatic rings. The van der Waals surface area contributed by atoms with Crippen molar-refractivity contribution in [2.75, 3.05) is 13.2 Å². The molecule has 1 aromatic carbocycles. The quantitative estimate of drug-likeness (QED) is 0.299. The zero-order chi connectivity index (χ0) is 25.4. The molecular weight excluding hydrogens is 456 g/mol. The summed E-state index contributed by atoms with van der Waals surface area (Å²) in [4.78, 5) is 23.7. The first-order valence-electron chi connectivity index (χ1n) is 12.1. The van der Waals surface area contributed by atoms with E-state index in [9.17, 15) is 24.9 Å². The van der Waals surface area contributed by atoms with Gasteiger partial charge in [0.2, 0.25) is 0 Å². The zero-order valence-electron chi connectivity index (χ0n) is 20.2. The lowest BCUT2D eigenvalue weighted by Gasteiger charge is -2.38. The maximum atomic E-state index is 12.9. The number of carboxylic acid groups (broad SMARTS) is 1. The predicted molar refractivity (Wildman–Crippen MR) is 124 cm³/mol. The van der Waals surface area contributed by atoms with Gasteiger partial charge in [-0.05, 0) is 50.5 Å². The van der Waals surface area contributed by atoms with Crippen molar-refractivity contribution in [2.45, 2.75) is 76.7 Å². The fraction of sp³-hybridized carbons (Fsp3) is 0.615. The number of carbonyl (C=O) groups excluding carboxylic acids is 1. The summed E-state index contributed by atoms with van der Waals surface area (Å²) in [7, 11) is 0. The summed E-state index contributed by atoms with van der Waals surface area (Å²) < 4.78 is 16.8. The molecule has 1 aliphatic carbocycles. The molecule has 0 aromatic heterocycles. The number of benzene rings is 1. The summed E-state index contributed by atoms with van der Waals surface area (Å²) in [6.45, 7) is 5.31. The number of fused-ring (bicyclic) bond motifs is 1. The Labute approximate surface area is 204 Å². The molecule has 4 N–H and O–H groups in total. The second kappa shape index (κ2) is 10.4. The van der Waals surface area contributed by atoms with Crippen molar-refractivity contribution in [1.29, 1.82) is 0 Å². The Morgan fingerprint density at radius 3 is 2.63 bits per heavy atom. The Bertz CT molecular complexity index is 1000. The Hall–Kier alpha value is -2.30. The van der Waals surface area contributed by atoms with Crippen LogP contribution < -0.4 is 4.74 Å². The third kappa shape index (κ3) is 5.59. The van der Waals surface area contributed by atoms with E-state index in [1.807, 2.05) is 13.8 Å². The number of aliphatic hydroxyl groups is 3. The first-order chi connectivity index (χ1) is 16.6. The number of allylic oxidation sites excluding steroid dienone is 1. The minimum Gasteiger partial charge on any atom is -0.482 e. The van der Waals surface area contributed by atoms with Crippen molar-refractivity contribution < 1.29 is 44.2 Å². The van der Waals surface area contributed by atoms with E-state index in [1.54, 1.807) is 25.1 Å². The number of hydrogen-bond donors (Lipinski definition) is 4. The van der Waals surface area contributed by atoms with Crippen molar-refractivity contribution in [2.24, 2.45) is 11.8 Å². The summed E-state index contributed by atoms with van der Waals surface area (Å²) in [6.07, 6.45) is -2.03. The number of rotatable bonds is 9. The summed E-state index contributed by atoms with van der Waals surface area (Å²) >= 11 is 0. The smallest absolute Gasteiger partial charge is 0.341 e. The van der Waals surface area contributed by atoms with Crippen LogP contribution in [0.3, 0.4) is 0 Å². The van der Waals surface area contributed by atoms with E-state index in [1.165, 1.54) is 0 Å². The van der Waals surface area contributed by atoms with Gasteiger partial charge in [0.1, 0.15) is 11.9 Å². The SMILES string of the molecule is C/C(C[C@@H]1OC[C@H](C[C@@H]2O[C@H]2[C@@H](C)[C@H](C)O)[C@@H](O)[C@H]1O)=C1/Cc2cc(OCC(=O)O)ccc2C1=O. The van der Waals surface area contributed by atoms with Crippen LogP contribution in [-0.4, -0.2) is 82.0 Å². The van der Waals surface area contributed by atoms with Crippen LogP contribution in [0.15, 0.2) is 29.3 Å². The number of ether oxygens (including phenoxy) is 3. The van der Waals surface area contributed by atoms with E-state index in [4.69, 9.17) is 19.3 Å². The van der Waals surface area contributed by atoms with Crippen LogP contribution in [-0.2, 0) is 20.7 Å². The van der Waals surface area contributed by atoms with Gasteiger partial charge in [0.05, 0.1) is 37.1 Å². The van der Waals surface area contributed by atoms with E-state index in [-0.39, 0.29) is 36.4 Å².